The Hall–Kier alpha value is -2.63. The van der Waals surface area contributed by atoms with Crippen LogP contribution in [0, 0.1) is 0 Å². The van der Waals surface area contributed by atoms with Gasteiger partial charge in [-0.3, -0.25) is 0 Å². The Kier molecular flexibility index (Phi) is 4.96. The van der Waals surface area contributed by atoms with Gasteiger partial charge in [0.15, 0.2) is 15.4 Å². The molecule has 6 heteroatoms. The lowest BCUT2D eigenvalue weighted by Crippen LogP contribution is -2.38. The smallest absolute Gasteiger partial charge is 0.217 e. The minimum absolute atomic E-state index is 0.212. The first-order valence-electron chi connectivity index (χ1n) is 8.81. The zero-order valence-electron chi connectivity index (χ0n) is 15.0. The Morgan fingerprint density at radius 2 is 1.50 bits per heavy atom. The molecule has 0 aliphatic carbocycles. The topological polar surface area (TPSA) is 55.7 Å². The number of nitrogens with zero attached hydrogens (tertiary/aromatic N) is 1. The fourth-order valence-corrected chi connectivity index (χ4v) is 5.04. The first-order chi connectivity index (χ1) is 13.5. The van der Waals surface area contributed by atoms with Gasteiger partial charge < -0.3 is 4.74 Å². The Balaban J connectivity index is 1.71. The molecule has 1 heterocycles. The van der Waals surface area contributed by atoms with Crippen LogP contribution >= 0.6 is 11.6 Å². The van der Waals surface area contributed by atoms with E-state index in [9.17, 15) is 8.42 Å². The number of rotatable bonds is 5. The first-order valence-corrected chi connectivity index (χ1v) is 10.8. The monoisotopic (exact) mass is 411 g/mol. The highest BCUT2D eigenvalue weighted by Crippen LogP contribution is 2.35. The maximum absolute atomic E-state index is 13.1. The van der Waals surface area contributed by atoms with Gasteiger partial charge in [0.05, 0.1) is 11.4 Å². The average molecular weight is 412 g/mol. The van der Waals surface area contributed by atoms with Gasteiger partial charge in [0, 0.05) is 10.6 Å². The van der Waals surface area contributed by atoms with Crippen LogP contribution < -0.4 is 0 Å². The quantitative estimate of drug-likeness (QED) is 0.621. The Morgan fingerprint density at radius 3 is 2.14 bits per heavy atom. The molecule has 1 aliphatic heterocycles. The van der Waals surface area contributed by atoms with Crippen LogP contribution in [0.2, 0.25) is 5.02 Å². The third-order valence-corrected chi connectivity index (χ3v) is 6.78. The summed E-state index contributed by atoms with van der Waals surface area (Å²) in [6.45, 7) is 0.230. The second-order valence-corrected chi connectivity index (χ2v) is 9.09. The van der Waals surface area contributed by atoms with E-state index in [2.05, 4.69) is 4.99 Å². The van der Waals surface area contributed by atoms with Crippen molar-refractivity contribution in [1.82, 2.24) is 0 Å². The average Bonchev–Trinajstić information content (AvgIpc) is 3.14. The number of halogens is 1. The Bertz CT molecular complexity index is 1100. The van der Waals surface area contributed by atoms with Crippen molar-refractivity contribution in [3.05, 3.63) is 101 Å². The lowest BCUT2D eigenvalue weighted by atomic mass is 9.96. The van der Waals surface area contributed by atoms with Gasteiger partial charge in [-0.15, -0.1) is 0 Å². The van der Waals surface area contributed by atoms with Crippen molar-refractivity contribution in [3.8, 4) is 0 Å². The van der Waals surface area contributed by atoms with Crippen molar-refractivity contribution in [2.45, 2.75) is 10.5 Å². The number of aliphatic imine (C=N–C) groups is 1. The van der Waals surface area contributed by atoms with Crippen LogP contribution in [0.5, 0.6) is 0 Å². The highest BCUT2D eigenvalue weighted by atomic mass is 35.5. The van der Waals surface area contributed by atoms with Crippen LogP contribution in [0.1, 0.15) is 11.1 Å². The van der Waals surface area contributed by atoms with E-state index in [1.807, 2.05) is 60.7 Å². The number of sulfone groups is 1. The Morgan fingerprint density at radius 1 is 0.893 bits per heavy atom. The second kappa shape index (κ2) is 7.41. The number of hydrogen-bond donors (Lipinski definition) is 0. The second-order valence-electron chi connectivity index (χ2n) is 6.66. The molecule has 1 unspecified atom stereocenters. The molecule has 0 saturated carbocycles. The molecule has 142 valence electrons. The molecule has 0 saturated heterocycles. The van der Waals surface area contributed by atoms with Gasteiger partial charge in [0.2, 0.25) is 5.90 Å². The lowest BCUT2D eigenvalue weighted by molar-refractivity contribution is 0.112. The van der Waals surface area contributed by atoms with Gasteiger partial charge in [-0.2, -0.15) is 0 Å². The molecule has 1 aliphatic rings. The predicted octanol–water partition coefficient (Wildman–Crippen LogP) is 4.49. The molecular formula is C22H18ClNO3S. The van der Waals surface area contributed by atoms with E-state index >= 15 is 0 Å². The molecule has 4 rings (SSSR count). The van der Waals surface area contributed by atoms with Crippen molar-refractivity contribution in [3.63, 3.8) is 0 Å². The van der Waals surface area contributed by atoms with Gasteiger partial charge in [-0.05, 0) is 42.0 Å². The van der Waals surface area contributed by atoms with Gasteiger partial charge in [-0.1, -0.05) is 60.1 Å². The zero-order valence-corrected chi connectivity index (χ0v) is 16.5. The van der Waals surface area contributed by atoms with E-state index in [0.29, 0.717) is 10.9 Å². The van der Waals surface area contributed by atoms with E-state index in [0.717, 1.165) is 11.1 Å². The summed E-state index contributed by atoms with van der Waals surface area (Å²) in [7, 11) is -3.63. The van der Waals surface area contributed by atoms with Crippen LogP contribution in [-0.4, -0.2) is 26.6 Å². The summed E-state index contributed by atoms with van der Waals surface area (Å²) in [4.78, 5) is 4.75. The van der Waals surface area contributed by atoms with Crippen molar-refractivity contribution in [2.75, 3.05) is 12.3 Å². The Labute approximate surface area is 169 Å². The maximum atomic E-state index is 13.1. The molecule has 0 fully saturated rings. The van der Waals surface area contributed by atoms with Crippen molar-refractivity contribution >= 4 is 27.3 Å². The molecule has 0 aromatic heterocycles. The minimum Gasteiger partial charge on any atom is -0.463 e. The molecule has 0 radical (unpaired) electrons. The third kappa shape index (κ3) is 3.68. The van der Waals surface area contributed by atoms with Crippen LogP contribution in [0.4, 0.5) is 0 Å². The van der Waals surface area contributed by atoms with E-state index < -0.39 is 15.4 Å². The SMILES string of the molecule is O=S(=O)(CC1(c2ccccc2)CN=C(c2ccccc2)O1)c1ccc(Cl)cc1. The number of hydrogen-bond acceptors (Lipinski definition) is 4. The molecule has 0 spiro atoms. The maximum Gasteiger partial charge on any atom is 0.217 e. The summed E-state index contributed by atoms with van der Waals surface area (Å²) >= 11 is 5.90. The van der Waals surface area contributed by atoms with Crippen molar-refractivity contribution in [1.29, 1.82) is 0 Å². The van der Waals surface area contributed by atoms with Gasteiger partial charge in [0.1, 0.15) is 5.75 Å². The van der Waals surface area contributed by atoms with E-state index in [1.165, 1.54) is 12.1 Å². The predicted molar refractivity (Wildman–Crippen MR) is 111 cm³/mol. The van der Waals surface area contributed by atoms with Crippen LogP contribution in [0.3, 0.4) is 0 Å². The molecule has 1 atom stereocenters. The van der Waals surface area contributed by atoms with Gasteiger partial charge in [0.25, 0.3) is 0 Å². The standard InChI is InChI=1S/C22H18ClNO3S/c23-19-11-13-20(14-12-19)28(25,26)16-22(18-9-5-2-6-10-18)15-24-21(27-22)17-7-3-1-4-8-17/h1-14H,15-16H2. The fourth-order valence-electron chi connectivity index (χ4n) is 3.26. The first kappa shape index (κ1) is 18.7. The molecule has 3 aromatic carbocycles. The highest BCUT2D eigenvalue weighted by Gasteiger charge is 2.44. The molecule has 0 bridgehead atoms. The summed E-state index contributed by atoms with van der Waals surface area (Å²) in [6, 6.07) is 25.1. The summed E-state index contributed by atoms with van der Waals surface area (Å²) in [5.74, 6) is 0.238. The van der Waals surface area contributed by atoms with Gasteiger partial charge in [-0.25, -0.2) is 13.4 Å². The molecule has 0 amide bonds. The summed E-state index contributed by atoms with van der Waals surface area (Å²) in [6.07, 6.45) is 0. The van der Waals surface area contributed by atoms with Crippen molar-refractivity contribution < 1.29 is 13.2 Å². The van der Waals surface area contributed by atoms with E-state index in [4.69, 9.17) is 16.3 Å². The van der Waals surface area contributed by atoms with Gasteiger partial charge >= 0.3 is 0 Å². The summed E-state index contributed by atoms with van der Waals surface area (Å²) in [5.41, 5.74) is 0.525. The molecule has 0 N–H and O–H groups in total. The summed E-state index contributed by atoms with van der Waals surface area (Å²) < 4.78 is 32.5. The normalized spacial score (nSPS) is 19.1. The fraction of sp³-hybridized carbons (Fsp3) is 0.136. The number of benzene rings is 3. The molecule has 3 aromatic rings. The van der Waals surface area contributed by atoms with Crippen LogP contribution in [0.25, 0.3) is 0 Å². The summed E-state index contributed by atoms with van der Waals surface area (Å²) in [5, 5.41) is 0.489. The van der Waals surface area contributed by atoms with E-state index in [1.54, 1.807) is 12.1 Å². The number of ether oxygens (including phenoxy) is 1. The van der Waals surface area contributed by atoms with Crippen LogP contribution in [0.15, 0.2) is 94.8 Å². The van der Waals surface area contributed by atoms with Crippen LogP contribution in [-0.2, 0) is 20.2 Å². The molecular weight excluding hydrogens is 394 g/mol. The highest BCUT2D eigenvalue weighted by molar-refractivity contribution is 7.91. The zero-order chi connectivity index (χ0) is 19.6. The molecule has 4 nitrogen and oxygen atoms in total. The van der Waals surface area contributed by atoms with Crippen molar-refractivity contribution in [2.24, 2.45) is 4.99 Å². The molecule has 28 heavy (non-hydrogen) atoms. The van der Waals surface area contributed by atoms with E-state index in [-0.39, 0.29) is 17.2 Å². The third-order valence-electron chi connectivity index (χ3n) is 4.69. The lowest BCUT2D eigenvalue weighted by Gasteiger charge is -2.29. The largest absolute Gasteiger partial charge is 0.463 e. The minimum atomic E-state index is -3.63.